The maximum Gasteiger partial charge on any atom is 0.0628 e. The molecule has 13 heavy (non-hydrogen) atoms. The summed E-state index contributed by atoms with van der Waals surface area (Å²) in [5.41, 5.74) is 2.41. The first-order valence-corrected chi connectivity index (χ1v) is 4.49. The van der Waals surface area contributed by atoms with Crippen LogP contribution in [-0.2, 0) is 0 Å². The zero-order valence-electron chi connectivity index (χ0n) is 8.49. The topological polar surface area (TPSA) is 23.5 Å². The second kappa shape index (κ2) is 4.40. The van der Waals surface area contributed by atoms with Crippen LogP contribution in [0.25, 0.3) is 0 Å². The number of rotatable bonds is 3. The van der Waals surface area contributed by atoms with Crippen LogP contribution in [-0.4, -0.2) is 30.7 Å². The molecule has 0 spiro atoms. The lowest BCUT2D eigenvalue weighted by Crippen LogP contribution is -2.22. The molecule has 0 saturated carbocycles. The average molecular weight is 179 g/mol. The van der Waals surface area contributed by atoms with Gasteiger partial charge in [0.05, 0.1) is 12.6 Å². The van der Waals surface area contributed by atoms with Gasteiger partial charge in [-0.05, 0) is 26.6 Å². The molecule has 0 heterocycles. The van der Waals surface area contributed by atoms with Crippen LogP contribution in [0.2, 0.25) is 0 Å². The first-order chi connectivity index (χ1) is 6.15. The molecule has 0 saturated heterocycles. The molecule has 0 fully saturated rings. The molecule has 72 valence electrons. The molecule has 1 unspecified atom stereocenters. The highest BCUT2D eigenvalue weighted by Crippen LogP contribution is 2.17. The van der Waals surface area contributed by atoms with Gasteiger partial charge in [0.1, 0.15) is 0 Å². The maximum atomic E-state index is 9.18. The molecular weight excluding hydrogens is 162 g/mol. The first kappa shape index (κ1) is 10.2. The molecule has 1 aromatic carbocycles. The Labute approximate surface area is 79.8 Å². The van der Waals surface area contributed by atoms with E-state index in [0.29, 0.717) is 0 Å². The van der Waals surface area contributed by atoms with Crippen LogP contribution in [0.5, 0.6) is 0 Å². The molecule has 1 rings (SSSR count). The van der Waals surface area contributed by atoms with E-state index < -0.39 is 0 Å². The molecule has 1 aromatic rings. The molecule has 2 heteroatoms. The summed E-state index contributed by atoms with van der Waals surface area (Å²) in [5, 5.41) is 9.18. The predicted molar refractivity (Wildman–Crippen MR) is 54.7 cm³/mol. The Morgan fingerprint density at radius 3 is 2.15 bits per heavy atom. The number of nitrogens with zero attached hydrogens (tertiary/aromatic N) is 1. The monoisotopic (exact) mass is 179 g/mol. The molecule has 0 aliphatic heterocycles. The predicted octanol–water partition coefficient (Wildman–Crippen LogP) is 1.59. The third-order valence-corrected chi connectivity index (χ3v) is 2.26. The fraction of sp³-hybridized carbons (Fsp3) is 0.455. The zero-order valence-corrected chi connectivity index (χ0v) is 8.49. The van der Waals surface area contributed by atoms with E-state index in [-0.39, 0.29) is 12.6 Å². The highest BCUT2D eigenvalue weighted by atomic mass is 16.3. The van der Waals surface area contributed by atoms with Gasteiger partial charge in [-0.3, -0.25) is 0 Å². The van der Waals surface area contributed by atoms with Gasteiger partial charge in [-0.25, -0.2) is 0 Å². The van der Waals surface area contributed by atoms with Crippen LogP contribution in [0.1, 0.15) is 17.2 Å². The molecule has 2 nitrogen and oxygen atoms in total. The summed E-state index contributed by atoms with van der Waals surface area (Å²) >= 11 is 0. The summed E-state index contributed by atoms with van der Waals surface area (Å²) in [6.45, 7) is 2.23. The van der Waals surface area contributed by atoms with Crippen LogP contribution in [0.3, 0.4) is 0 Å². The van der Waals surface area contributed by atoms with Crippen molar-refractivity contribution in [2.75, 3.05) is 20.7 Å². The lowest BCUT2D eigenvalue weighted by molar-refractivity contribution is 0.171. The van der Waals surface area contributed by atoms with Crippen LogP contribution in [0, 0.1) is 6.92 Å². The van der Waals surface area contributed by atoms with Crippen molar-refractivity contribution in [2.24, 2.45) is 0 Å². The van der Waals surface area contributed by atoms with E-state index >= 15 is 0 Å². The third kappa shape index (κ3) is 2.54. The minimum Gasteiger partial charge on any atom is -0.394 e. The number of aryl methyl sites for hydroxylation is 1. The Hall–Kier alpha value is -0.860. The Balaban J connectivity index is 2.86. The van der Waals surface area contributed by atoms with Gasteiger partial charge >= 0.3 is 0 Å². The van der Waals surface area contributed by atoms with E-state index in [1.54, 1.807) is 0 Å². The van der Waals surface area contributed by atoms with Crippen molar-refractivity contribution in [3.63, 3.8) is 0 Å². The third-order valence-electron chi connectivity index (χ3n) is 2.26. The van der Waals surface area contributed by atoms with Crippen molar-refractivity contribution >= 4 is 0 Å². The highest BCUT2D eigenvalue weighted by Gasteiger charge is 2.11. The fourth-order valence-electron chi connectivity index (χ4n) is 1.36. The standard InChI is InChI=1S/C11H17NO/c1-9-4-6-10(7-5-9)11(8-13)12(2)3/h4-7,11,13H,8H2,1-3H3. The summed E-state index contributed by atoms with van der Waals surface area (Å²) < 4.78 is 0. The lowest BCUT2D eigenvalue weighted by atomic mass is 10.1. The number of hydrogen-bond acceptors (Lipinski definition) is 2. The minimum absolute atomic E-state index is 0.112. The number of benzene rings is 1. The van der Waals surface area contributed by atoms with Crippen molar-refractivity contribution in [3.8, 4) is 0 Å². The molecule has 0 bridgehead atoms. The Kier molecular flexibility index (Phi) is 3.46. The molecule has 0 amide bonds. The Bertz CT molecular complexity index is 253. The van der Waals surface area contributed by atoms with E-state index in [4.69, 9.17) is 0 Å². The van der Waals surface area contributed by atoms with Gasteiger partial charge in [-0.15, -0.1) is 0 Å². The number of hydrogen-bond donors (Lipinski definition) is 1. The average Bonchev–Trinajstić information content (AvgIpc) is 2.09. The van der Waals surface area contributed by atoms with E-state index in [0.717, 1.165) is 5.56 Å². The van der Waals surface area contributed by atoms with Crippen molar-refractivity contribution in [3.05, 3.63) is 35.4 Å². The largest absolute Gasteiger partial charge is 0.394 e. The van der Waals surface area contributed by atoms with E-state index in [1.165, 1.54) is 5.56 Å². The molecular formula is C11H17NO. The Morgan fingerprint density at radius 2 is 1.77 bits per heavy atom. The van der Waals surface area contributed by atoms with Gasteiger partial charge in [-0.2, -0.15) is 0 Å². The van der Waals surface area contributed by atoms with E-state index in [9.17, 15) is 5.11 Å². The quantitative estimate of drug-likeness (QED) is 0.761. The smallest absolute Gasteiger partial charge is 0.0628 e. The molecule has 0 radical (unpaired) electrons. The van der Waals surface area contributed by atoms with E-state index in [1.807, 2.05) is 19.0 Å². The fourth-order valence-corrected chi connectivity index (χ4v) is 1.36. The number of likely N-dealkylation sites (N-methyl/N-ethyl adjacent to an activating group) is 1. The van der Waals surface area contributed by atoms with Crippen LogP contribution < -0.4 is 0 Å². The van der Waals surface area contributed by atoms with Gasteiger partial charge < -0.3 is 10.0 Å². The summed E-state index contributed by atoms with van der Waals surface area (Å²) in [6.07, 6.45) is 0. The molecule has 0 aliphatic rings. The second-order valence-corrected chi connectivity index (χ2v) is 3.57. The van der Waals surface area contributed by atoms with Crippen LogP contribution in [0.15, 0.2) is 24.3 Å². The second-order valence-electron chi connectivity index (χ2n) is 3.57. The van der Waals surface area contributed by atoms with Gasteiger partial charge in [-0.1, -0.05) is 29.8 Å². The van der Waals surface area contributed by atoms with Gasteiger partial charge in [0, 0.05) is 0 Å². The lowest BCUT2D eigenvalue weighted by Gasteiger charge is -2.22. The summed E-state index contributed by atoms with van der Waals surface area (Å²) in [6, 6.07) is 8.38. The van der Waals surface area contributed by atoms with Gasteiger partial charge in [0.15, 0.2) is 0 Å². The van der Waals surface area contributed by atoms with Gasteiger partial charge in [0.2, 0.25) is 0 Å². The first-order valence-electron chi connectivity index (χ1n) is 4.49. The number of aliphatic hydroxyl groups is 1. The van der Waals surface area contributed by atoms with Crippen molar-refractivity contribution < 1.29 is 5.11 Å². The molecule has 1 N–H and O–H groups in total. The van der Waals surface area contributed by atoms with E-state index in [2.05, 4.69) is 31.2 Å². The zero-order chi connectivity index (χ0) is 9.84. The molecule has 0 aliphatic carbocycles. The highest BCUT2D eigenvalue weighted by molar-refractivity contribution is 5.24. The SMILES string of the molecule is Cc1ccc(C(CO)N(C)C)cc1. The number of aliphatic hydroxyl groups excluding tert-OH is 1. The normalized spacial score (nSPS) is 13.3. The van der Waals surface area contributed by atoms with Gasteiger partial charge in [0.25, 0.3) is 0 Å². The Morgan fingerprint density at radius 1 is 1.23 bits per heavy atom. The van der Waals surface area contributed by atoms with Crippen molar-refractivity contribution in [2.45, 2.75) is 13.0 Å². The van der Waals surface area contributed by atoms with Crippen LogP contribution in [0.4, 0.5) is 0 Å². The summed E-state index contributed by atoms with van der Waals surface area (Å²) in [7, 11) is 3.95. The summed E-state index contributed by atoms with van der Waals surface area (Å²) in [4.78, 5) is 2.02. The molecule has 0 aromatic heterocycles. The molecule has 1 atom stereocenters. The maximum absolute atomic E-state index is 9.18. The summed E-state index contributed by atoms with van der Waals surface area (Å²) in [5.74, 6) is 0. The van der Waals surface area contributed by atoms with Crippen LogP contribution >= 0.6 is 0 Å². The minimum atomic E-state index is 0.112. The van der Waals surface area contributed by atoms with Crippen molar-refractivity contribution in [1.82, 2.24) is 4.90 Å². The van der Waals surface area contributed by atoms with Crippen molar-refractivity contribution in [1.29, 1.82) is 0 Å².